The maximum Gasteiger partial charge on any atom is 0.0932 e. The van der Waals surface area contributed by atoms with Crippen LogP contribution in [0.2, 0.25) is 4.34 Å². The van der Waals surface area contributed by atoms with E-state index in [2.05, 4.69) is 41.3 Å². The Balaban J connectivity index is 1.56. The highest BCUT2D eigenvalue weighted by Gasteiger charge is 2.20. The molecule has 140 valence electrons. The minimum atomic E-state index is 0.148. The van der Waals surface area contributed by atoms with E-state index in [9.17, 15) is 0 Å². The highest BCUT2D eigenvalue weighted by Crippen LogP contribution is 2.25. The van der Waals surface area contributed by atoms with Crippen LogP contribution >= 0.6 is 34.3 Å². The van der Waals surface area contributed by atoms with Crippen LogP contribution in [0.1, 0.15) is 30.3 Å². The fourth-order valence-electron chi connectivity index (χ4n) is 3.12. The molecule has 3 aromatic rings. The molecular weight excluding hydrogens is 384 g/mol. The van der Waals surface area contributed by atoms with Gasteiger partial charge in [-0.3, -0.25) is 0 Å². The summed E-state index contributed by atoms with van der Waals surface area (Å²) in [4.78, 5) is 4.62. The number of H-pyrrole nitrogens is 1. The van der Waals surface area contributed by atoms with Crippen LogP contribution in [0.5, 0.6) is 0 Å². The largest absolute Gasteiger partial charge is 0.371 e. The molecule has 0 fully saturated rings. The molecule has 6 heteroatoms. The van der Waals surface area contributed by atoms with E-state index in [1.54, 1.807) is 22.7 Å². The second-order valence-electron chi connectivity index (χ2n) is 6.37. The van der Waals surface area contributed by atoms with Crippen LogP contribution in [0.25, 0.3) is 10.2 Å². The molecule has 0 aliphatic carbocycles. The van der Waals surface area contributed by atoms with Crippen molar-refractivity contribution in [1.82, 2.24) is 10.3 Å². The van der Waals surface area contributed by atoms with Gasteiger partial charge in [0.2, 0.25) is 0 Å². The van der Waals surface area contributed by atoms with Gasteiger partial charge in [0.15, 0.2) is 0 Å². The quantitative estimate of drug-likeness (QED) is 0.369. The van der Waals surface area contributed by atoms with Gasteiger partial charge in [0.1, 0.15) is 0 Å². The van der Waals surface area contributed by atoms with Crippen LogP contribution in [-0.4, -0.2) is 17.6 Å². The summed E-state index contributed by atoms with van der Waals surface area (Å²) in [6.45, 7) is 8.36. The third-order valence-corrected chi connectivity index (χ3v) is 6.61. The molecule has 2 N–H and O–H groups in total. The number of aromatic nitrogens is 1. The molecule has 3 heterocycles. The summed E-state index contributed by atoms with van der Waals surface area (Å²) in [5.41, 5.74) is 2.43. The molecule has 0 aliphatic rings. The minimum Gasteiger partial charge on any atom is -0.371 e. The van der Waals surface area contributed by atoms with Crippen LogP contribution in [0.15, 0.2) is 42.3 Å². The monoisotopic (exact) mass is 408 g/mol. The van der Waals surface area contributed by atoms with E-state index in [0.717, 1.165) is 35.1 Å². The van der Waals surface area contributed by atoms with Crippen LogP contribution in [-0.2, 0) is 17.9 Å². The molecule has 0 bridgehead atoms. The van der Waals surface area contributed by atoms with Gasteiger partial charge in [0.05, 0.1) is 27.3 Å². The van der Waals surface area contributed by atoms with Gasteiger partial charge < -0.3 is 15.0 Å². The molecule has 0 amide bonds. The van der Waals surface area contributed by atoms with E-state index in [-0.39, 0.29) is 6.10 Å². The Morgan fingerprint density at radius 2 is 2.27 bits per heavy atom. The number of allylic oxidation sites excluding steroid dienone is 1. The summed E-state index contributed by atoms with van der Waals surface area (Å²) in [6.07, 6.45) is 4.18. The van der Waals surface area contributed by atoms with Crippen LogP contribution in [0, 0.1) is 5.92 Å². The Morgan fingerprint density at radius 1 is 1.38 bits per heavy atom. The molecule has 26 heavy (non-hydrogen) atoms. The average molecular weight is 409 g/mol. The Bertz CT molecular complexity index is 794. The molecule has 0 saturated carbocycles. The molecule has 3 nitrogen and oxygen atoms in total. The molecular formula is C20H25ClN2OS2. The van der Waals surface area contributed by atoms with Crippen molar-refractivity contribution < 1.29 is 4.74 Å². The van der Waals surface area contributed by atoms with Gasteiger partial charge in [-0.05, 0) is 42.0 Å². The summed E-state index contributed by atoms with van der Waals surface area (Å²) in [5, 5.41) is 5.67. The number of fused-ring (bicyclic) bond motifs is 1. The van der Waals surface area contributed by atoms with Crippen molar-refractivity contribution in [3.8, 4) is 0 Å². The Labute approximate surface area is 168 Å². The first-order chi connectivity index (χ1) is 12.7. The fraction of sp³-hybridized carbons (Fsp3) is 0.400. The molecule has 0 spiro atoms. The summed E-state index contributed by atoms with van der Waals surface area (Å²) in [7, 11) is 0. The highest BCUT2D eigenvalue weighted by atomic mass is 35.5. The lowest BCUT2D eigenvalue weighted by molar-refractivity contribution is 0.00201. The van der Waals surface area contributed by atoms with Crippen molar-refractivity contribution in [3.63, 3.8) is 0 Å². The van der Waals surface area contributed by atoms with E-state index in [4.69, 9.17) is 16.3 Å². The standard InChI is InChI=1S/C20H25ClN2OS2/c1-3-5-14(4-2)18(24-13-16-6-7-20(21)26-16)12-22-11-15-10-19-17(23-15)8-9-25-19/h3,6-10,14,18,22-23H,1,4-5,11-13H2,2H3. The molecule has 0 radical (unpaired) electrons. The van der Waals surface area contributed by atoms with E-state index in [0.29, 0.717) is 12.5 Å². The second kappa shape index (κ2) is 9.72. The Morgan fingerprint density at radius 3 is 2.96 bits per heavy atom. The molecule has 3 aromatic heterocycles. The molecule has 0 aromatic carbocycles. The summed E-state index contributed by atoms with van der Waals surface area (Å²) >= 11 is 9.37. The zero-order valence-electron chi connectivity index (χ0n) is 15.0. The third-order valence-electron chi connectivity index (χ3n) is 4.54. The van der Waals surface area contributed by atoms with Gasteiger partial charge in [0.25, 0.3) is 0 Å². The second-order valence-corrected chi connectivity index (χ2v) is 9.12. The van der Waals surface area contributed by atoms with Gasteiger partial charge in [-0.2, -0.15) is 0 Å². The van der Waals surface area contributed by atoms with E-state index >= 15 is 0 Å². The van der Waals surface area contributed by atoms with E-state index in [1.165, 1.54) is 15.9 Å². The van der Waals surface area contributed by atoms with E-state index < -0.39 is 0 Å². The maximum absolute atomic E-state index is 6.26. The number of nitrogens with one attached hydrogen (secondary N) is 2. The molecule has 2 unspecified atom stereocenters. The molecule has 0 aliphatic heterocycles. The van der Waals surface area contributed by atoms with Crippen molar-refractivity contribution in [2.75, 3.05) is 6.54 Å². The van der Waals surface area contributed by atoms with Gasteiger partial charge in [0, 0.05) is 23.7 Å². The SMILES string of the molecule is C=CCC(CC)C(CNCc1cc2sccc2[nH]1)OCc1ccc(Cl)s1. The number of ether oxygens (including phenoxy) is 1. The van der Waals surface area contributed by atoms with Crippen molar-refractivity contribution in [1.29, 1.82) is 0 Å². The number of rotatable bonds is 11. The van der Waals surface area contributed by atoms with Gasteiger partial charge in [-0.25, -0.2) is 0 Å². The lowest BCUT2D eigenvalue weighted by atomic mass is 9.95. The lowest BCUT2D eigenvalue weighted by Crippen LogP contribution is -2.34. The summed E-state index contributed by atoms with van der Waals surface area (Å²) in [5.74, 6) is 0.461. The zero-order valence-corrected chi connectivity index (χ0v) is 17.4. The Kier molecular flexibility index (Phi) is 7.34. The smallest absolute Gasteiger partial charge is 0.0932 e. The predicted octanol–water partition coefficient (Wildman–Crippen LogP) is 6.22. The third kappa shape index (κ3) is 5.21. The van der Waals surface area contributed by atoms with Gasteiger partial charge in [-0.15, -0.1) is 29.3 Å². The first-order valence-electron chi connectivity index (χ1n) is 8.92. The summed E-state index contributed by atoms with van der Waals surface area (Å²) < 4.78 is 8.38. The average Bonchev–Trinajstić information content (AvgIpc) is 3.32. The molecule has 2 atom stereocenters. The lowest BCUT2D eigenvalue weighted by Gasteiger charge is -2.26. The fourth-order valence-corrected chi connectivity index (χ4v) is 4.94. The normalized spacial score (nSPS) is 13.9. The van der Waals surface area contributed by atoms with Crippen LogP contribution in [0.3, 0.4) is 0 Å². The number of hydrogen-bond donors (Lipinski definition) is 2. The number of aromatic amines is 1. The topological polar surface area (TPSA) is 37.0 Å². The van der Waals surface area contributed by atoms with Crippen molar-refractivity contribution in [3.05, 3.63) is 57.2 Å². The van der Waals surface area contributed by atoms with Crippen molar-refractivity contribution >= 4 is 44.5 Å². The zero-order chi connectivity index (χ0) is 18.4. The Hall–Kier alpha value is -1.11. The minimum absolute atomic E-state index is 0.148. The molecule has 0 saturated heterocycles. The maximum atomic E-state index is 6.26. The first-order valence-corrected chi connectivity index (χ1v) is 11.0. The predicted molar refractivity (Wildman–Crippen MR) is 114 cm³/mol. The number of thiophene rings is 2. The van der Waals surface area contributed by atoms with Gasteiger partial charge in [-0.1, -0.05) is 31.0 Å². The van der Waals surface area contributed by atoms with Crippen molar-refractivity contribution in [2.24, 2.45) is 5.92 Å². The summed E-state index contributed by atoms with van der Waals surface area (Å²) in [6, 6.07) is 8.31. The first kappa shape index (κ1) is 19.6. The van der Waals surface area contributed by atoms with Crippen molar-refractivity contribution in [2.45, 2.75) is 39.0 Å². The highest BCUT2D eigenvalue weighted by molar-refractivity contribution is 7.17. The number of halogens is 1. The molecule has 3 rings (SSSR count). The number of hydrogen-bond acceptors (Lipinski definition) is 4. The van der Waals surface area contributed by atoms with Crippen LogP contribution < -0.4 is 5.32 Å². The van der Waals surface area contributed by atoms with E-state index in [1.807, 2.05) is 18.2 Å². The van der Waals surface area contributed by atoms with Gasteiger partial charge >= 0.3 is 0 Å². The van der Waals surface area contributed by atoms with Crippen LogP contribution in [0.4, 0.5) is 0 Å².